The summed E-state index contributed by atoms with van der Waals surface area (Å²) in [4.78, 5) is 8.67. The average Bonchev–Trinajstić information content (AvgIpc) is 3.32. The van der Waals surface area contributed by atoms with E-state index in [9.17, 15) is 45.4 Å². The Labute approximate surface area is 443 Å². The Balaban J connectivity index is 0. The average molecular weight is 1260 g/mol. The topological polar surface area (TPSA) is 310 Å². The number of ether oxygens (including phenoxy) is 11. The van der Waals surface area contributed by atoms with Crippen LogP contribution in [0.5, 0.6) is 0 Å². The quantitative estimate of drug-likeness (QED) is 0.0634. The molecule has 9 N–H and O–H groups in total. The van der Waals surface area contributed by atoms with E-state index in [0.717, 1.165) is 0 Å². The number of methoxy groups -OCH3 is 7. The molecule has 4 aliphatic heterocycles. The van der Waals surface area contributed by atoms with Crippen molar-refractivity contribution in [1.29, 1.82) is 0 Å². The van der Waals surface area contributed by atoms with E-state index in [0.29, 0.717) is 19.8 Å². The zero-order chi connectivity index (χ0) is 50.1. The summed E-state index contributed by atoms with van der Waals surface area (Å²) in [5.74, 6) is -0.859. The van der Waals surface area contributed by atoms with Gasteiger partial charge in [-0.25, -0.2) is 0 Å². The first-order valence-electron chi connectivity index (χ1n) is 22.5. The Morgan fingerprint density at radius 2 is 0.574 bits per heavy atom. The minimum atomic E-state index is -3.04. The SMILES string of the molecule is COC1OC(CO[PH](=O)O)C(CO)C(CO)C1C.COCC1OC(OC)C(C)C(CO)C1CO.COCC1OC(OC)C(C)C(CO)C1CO.COCC1OC(OC)C(C)C(CO)C1CO.[W].[Y]. The van der Waals surface area contributed by atoms with Crippen molar-refractivity contribution in [2.24, 2.45) is 71.0 Å². The van der Waals surface area contributed by atoms with Gasteiger partial charge in [-0.1, -0.05) is 27.7 Å². The molecule has 4 saturated heterocycles. The maximum Gasteiger partial charge on any atom is 0.316 e. The number of aliphatic hydroxyl groups excluding tert-OH is 8. The third kappa shape index (κ3) is 20.7. The van der Waals surface area contributed by atoms with Crippen LogP contribution in [0.4, 0.5) is 0 Å². The second-order valence-corrected chi connectivity index (χ2v) is 18.1. The van der Waals surface area contributed by atoms with Gasteiger partial charge in [0.15, 0.2) is 25.2 Å². The summed E-state index contributed by atoms with van der Waals surface area (Å²) in [5.41, 5.74) is 0. The van der Waals surface area contributed by atoms with E-state index in [1.54, 1.807) is 42.7 Å². The van der Waals surface area contributed by atoms with Crippen molar-refractivity contribution in [3.05, 3.63) is 0 Å². The van der Waals surface area contributed by atoms with Gasteiger partial charge in [0.25, 0.3) is 0 Å². The number of hydrogen-bond acceptors (Lipinski definition) is 21. The Hall–Kier alpha value is 1.18. The van der Waals surface area contributed by atoms with Gasteiger partial charge < -0.3 is 102 Å². The molecule has 21 unspecified atom stereocenters. The van der Waals surface area contributed by atoms with Crippen molar-refractivity contribution in [2.75, 3.05) is 129 Å². The molecule has 0 aromatic rings. The third-order valence-corrected chi connectivity index (χ3v) is 14.2. The van der Waals surface area contributed by atoms with Crippen LogP contribution in [-0.2, 0) is 115 Å². The zero-order valence-electron chi connectivity index (χ0n) is 41.9. The Morgan fingerprint density at radius 3 is 0.721 bits per heavy atom. The zero-order valence-corrected chi connectivity index (χ0v) is 48.6. The molecule has 0 aliphatic carbocycles. The molecule has 0 aromatic carbocycles. The first-order chi connectivity index (χ1) is 31.6. The molecule has 68 heavy (non-hydrogen) atoms. The summed E-state index contributed by atoms with van der Waals surface area (Å²) in [7, 11) is 7.96. The number of rotatable bonds is 21. The van der Waals surface area contributed by atoms with Crippen LogP contribution >= 0.6 is 8.25 Å². The fourth-order valence-corrected chi connectivity index (χ4v) is 9.96. The Kier molecular flexibility index (Phi) is 41.5. The van der Waals surface area contributed by atoms with Crippen LogP contribution in [0.25, 0.3) is 0 Å². The van der Waals surface area contributed by atoms with Gasteiger partial charge in [-0.2, -0.15) is 0 Å². The normalized spacial score (nSPS) is 38.4. The summed E-state index contributed by atoms with van der Waals surface area (Å²) in [5, 5.41) is 75.1. The molecular weight excluding hydrogens is 1170 g/mol. The first kappa shape index (κ1) is 71.3. The second kappa shape index (κ2) is 39.6. The van der Waals surface area contributed by atoms with Crippen molar-refractivity contribution in [2.45, 2.75) is 77.3 Å². The van der Waals surface area contributed by atoms with Gasteiger partial charge in [0, 0.05) is 204 Å². The molecule has 4 rings (SSSR count). The predicted octanol–water partition coefficient (Wildman–Crippen LogP) is -0.824. The summed E-state index contributed by atoms with van der Waals surface area (Å²) in [6.07, 6.45) is -2.83. The molecule has 0 aromatic heterocycles. The van der Waals surface area contributed by atoms with Crippen molar-refractivity contribution in [1.82, 2.24) is 0 Å². The summed E-state index contributed by atoms with van der Waals surface area (Å²) in [6, 6.07) is 0. The van der Waals surface area contributed by atoms with Crippen LogP contribution < -0.4 is 0 Å². The van der Waals surface area contributed by atoms with Crippen molar-refractivity contribution in [3.8, 4) is 0 Å². The van der Waals surface area contributed by atoms with E-state index in [-0.39, 0.29) is 221 Å². The predicted molar refractivity (Wildman–Crippen MR) is 237 cm³/mol. The smallest absolute Gasteiger partial charge is 0.316 e. The number of aliphatic hydroxyl groups is 8. The van der Waals surface area contributed by atoms with Gasteiger partial charge in [0.1, 0.15) is 0 Å². The molecule has 0 bridgehead atoms. The minimum absolute atomic E-state index is 0. The van der Waals surface area contributed by atoms with E-state index in [1.165, 1.54) is 7.11 Å². The van der Waals surface area contributed by atoms with Crippen molar-refractivity contribution >= 4 is 8.25 Å². The van der Waals surface area contributed by atoms with Crippen LogP contribution in [0.1, 0.15) is 27.7 Å². The Morgan fingerprint density at radius 1 is 0.382 bits per heavy atom. The van der Waals surface area contributed by atoms with E-state index >= 15 is 0 Å². The molecule has 25 heteroatoms. The molecular formula is C43H87O22PWY. The van der Waals surface area contributed by atoms with E-state index in [1.807, 2.05) is 27.7 Å². The molecule has 4 heterocycles. The van der Waals surface area contributed by atoms with Crippen LogP contribution in [0.3, 0.4) is 0 Å². The molecule has 4 fully saturated rings. The summed E-state index contributed by atoms with van der Waals surface area (Å²) >= 11 is 0. The molecule has 1 radical (unpaired) electrons. The fraction of sp³-hybridized carbons (Fsp3) is 1.00. The molecule has 4 aliphatic rings. The monoisotopic (exact) mass is 1260 g/mol. The van der Waals surface area contributed by atoms with Gasteiger partial charge in [0.05, 0.1) is 50.8 Å². The third-order valence-electron chi connectivity index (χ3n) is 13.7. The summed E-state index contributed by atoms with van der Waals surface area (Å²) < 4.78 is 74.0. The van der Waals surface area contributed by atoms with Crippen molar-refractivity contribution in [3.63, 3.8) is 0 Å². The first-order valence-corrected chi connectivity index (χ1v) is 23.8. The molecule has 0 saturated carbocycles. The maximum atomic E-state index is 10.6. The van der Waals surface area contributed by atoms with Gasteiger partial charge >= 0.3 is 8.25 Å². The molecule has 0 amide bonds. The minimum Gasteiger partial charge on any atom is -0.396 e. The van der Waals surface area contributed by atoms with Crippen molar-refractivity contribution < 1.29 is 161 Å². The molecule has 405 valence electrons. The van der Waals surface area contributed by atoms with E-state index < -0.39 is 20.6 Å². The molecule has 22 nitrogen and oxygen atoms in total. The van der Waals surface area contributed by atoms with Crippen LogP contribution in [0.15, 0.2) is 0 Å². The standard InChI is InChI=1S/3C11H22O5.C10H21O7P.W.Y/c3*1-7-8(4-12)9(5-13)10(6-14-2)16-11(7)15-3;1-6-7(3-11)8(4-12)9(5-16-18(13)14)17-10(6)15-2;;/h3*7-13H,4-6H2,1-3H3;6-12,18H,3-5H2,1-2H3,(H,13,14);;. The molecule has 21 atom stereocenters. The van der Waals surface area contributed by atoms with Crippen LogP contribution in [0.2, 0.25) is 0 Å². The van der Waals surface area contributed by atoms with E-state index in [4.69, 9.17) is 57.0 Å². The maximum absolute atomic E-state index is 10.6. The van der Waals surface area contributed by atoms with E-state index in [2.05, 4.69) is 4.52 Å². The van der Waals surface area contributed by atoms with Gasteiger partial charge in [-0.05, 0) is 23.7 Å². The Bertz CT molecular complexity index is 1140. The largest absolute Gasteiger partial charge is 0.396 e. The molecule has 0 spiro atoms. The van der Waals surface area contributed by atoms with Crippen LogP contribution in [-0.4, -0.2) is 224 Å². The van der Waals surface area contributed by atoms with Gasteiger partial charge in [-0.3, -0.25) is 4.57 Å². The number of hydrogen-bond donors (Lipinski definition) is 9. The fourth-order valence-electron chi connectivity index (χ4n) is 9.66. The van der Waals surface area contributed by atoms with Gasteiger partial charge in [-0.15, -0.1) is 0 Å². The summed E-state index contributed by atoms with van der Waals surface area (Å²) in [6.45, 7) is 8.56. The second-order valence-electron chi connectivity index (χ2n) is 17.3. The van der Waals surface area contributed by atoms with Gasteiger partial charge in [0.2, 0.25) is 0 Å². The van der Waals surface area contributed by atoms with Crippen LogP contribution in [0, 0.1) is 71.0 Å².